The van der Waals surface area contributed by atoms with Crippen molar-refractivity contribution >= 4 is 18.8 Å². The van der Waals surface area contributed by atoms with Gasteiger partial charge in [-0.15, -0.1) is 0 Å². The molecule has 0 aliphatic rings. The molecule has 1 atom stereocenters. The highest BCUT2D eigenvalue weighted by molar-refractivity contribution is 7.69. The van der Waals surface area contributed by atoms with Crippen molar-refractivity contribution in [1.82, 2.24) is 0 Å². The minimum Gasteiger partial charge on any atom is -0.294 e. The van der Waals surface area contributed by atoms with E-state index in [-0.39, 0.29) is 0 Å². The van der Waals surface area contributed by atoms with E-state index in [1.807, 2.05) is 60.7 Å². The first-order valence-electron chi connectivity index (χ1n) is 5.42. The first-order chi connectivity index (χ1) is 8.18. The van der Waals surface area contributed by atoms with Crippen LogP contribution in [-0.4, -0.2) is 12.9 Å². The van der Waals surface area contributed by atoms with Gasteiger partial charge in [-0.3, -0.25) is 4.57 Å². The molecule has 0 aromatic heterocycles. The summed E-state index contributed by atoms with van der Waals surface area (Å²) in [5.41, 5.74) is 0.963. The molecule has 0 unspecified atom stereocenters. The lowest BCUT2D eigenvalue weighted by Crippen LogP contribution is -2.00. The van der Waals surface area contributed by atoms with Gasteiger partial charge in [0.05, 0.1) is 0 Å². The second-order valence-electron chi connectivity index (χ2n) is 3.87. The van der Waals surface area contributed by atoms with Crippen LogP contribution in [-0.2, 0) is 4.57 Å². The molecule has 2 rings (SSSR count). The van der Waals surface area contributed by atoms with Gasteiger partial charge in [-0.05, 0) is 17.7 Å². The zero-order chi connectivity index (χ0) is 12.1. The van der Waals surface area contributed by atoms with Gasteiger partial charge in [0.1, 0.15) is 0 Å². The summed E-state index contributed by atoms with van der Waals surface area (Å²) in [6.07, 6.45) is 1.67. The van der Waals surface area contributed by atoms with Crippen LogP contribution in [0.4, 0.5) is 0 Å². The van der Waals surface area contributed by atoms with Crippen molar-refractivity contribution in [2.45, 2.75) is 0 Å². The highest BCUT2D eigenvalue weighted by atomic mass is 31.2. The topological polar surface area (TPSA) is 29.4 Å². The van der Waals surface area contributed by atoms with Gasteiger partial charge in [-0.25, -0.2) is 4.76 Å². The lowest BCUT2D eigenvalue weighted by molar-refractivity contribution is 0.586. The molecule has 0 bridgehead atoms. The Morgan fingerprint density at radius 1 is 0.941 bits per heavy atom. The van der Waals surface area contributed by atoms with E-state index in [0.29, 0.717) is 0 Å². The molecule has 0 heterocycles. The first-order valence-corrected chi connectivity index (χ1v) is 7.53. The Kier molecular flexibility index (Phi) is 3.55. The van der Waals surface area contributed by atoms with Crippen LogP contribution < -0.4 is 5.30 Å². The molecule has 0 radical (unpaired) electrons. The average molecular weight is 243 g/mol. The zero-order valence-corrected chi connectivity index (χ0v) is 10.5. The molecule has 86 valence electrons. The third-order valence-corrected chi connectivity index (χ3v) is 4.27. The zero-order valence-electron chi connectivity index (χ0n) is 9.65. The molecular weight excluding hydrogens is 229 g/mol. The van der Waals surface area contributed by atoms with Crippen LogP contribution in [0.2, 0.25) is 0 Å². The maximum Gasteiger partial charge on any atom is 0.215 e. The fourth-order valence-electron chi connectivity index (χ4n) is 1.49. The number of benzene rings is 2. The van der Waals surface area contributed by atoms with E-state index in [4.69, 9.17) is 0 Å². The SMILES string of the molecule is C[P@@](=O)(/N=C/c1ccccc1)c1ccccc1. The maximum absolute atomic E-state index is 12.4. The van der Waals surface area contributed by atoms with Gasteiger partial charge in [0.2, 0.25) is 7.29 Å². The van der Waals surface area contributed by atoms with Crippen molar-refractivity contribution in [3.63, 3.8) is 0 Å². The standard InChI is InChI=1S/C14H14NOP/c1-17(16,14-10-6-3-7-11-14)15-12-13-8-4-2-5-9-13/h2-12H,1H3/b15-12+/t17-/m0/s1. The average Bonchev–Trinajstić information content (AvgIpc) is 2.39. The van der Waals surface area contributed by atoms with Crippen molar-refractivity contribution in [2.24, 2.45) is 4.76 Å². The monoisotopic (exact) mass is 243 g/mol. The van der Waals surface area contributed by atoms with Gasteiger partial charge in [0.25, 0.3) is 0 Å². The lowest BCUT2D eigenvalue weighted by atomic mass is 10.2. The Morgan fingerprint density at radius 3 is 2.06 bits per heavy atom. The molecule has 0 saturated carbocycles. The number of nitrogens with zero attached hydrogens (tertiary/aromatic N) is 1. The highest BCUT2D eigenvalue weighted by Crippen LogP contribution is 2.41. The summed E-state index contributed by atoms with van der Waals surface area (Å²) in [6, 6.07) is 19.1. The van der Waals surface area contributed by atoms with Crippen LogP contribution in [0, 0.1) is 0 Å². The van der Waals surface area contributed by atoms with Gasteiger partial charge in [0, 0.05) is 18.2 Å². The molecule has 3 heteroatoms. The van der Waals surface area contributed by atoms with Crippen molar-refractivity contribution in [1.29, 1.82) is 0 Å². The van der Waals surface area contributed by atoms with E-state index in [0.717, 1.165) is 10.9 Å². The van der Waals surface area contributed by atoms with Crippen molar-refractivity contribution in [2.75, 3.05) is 6.66 Å². The smallest absolute Gasteiger partial charge is 0.215 e. The molecule has 0 fully saturated rings. The molecule has 0 aliphatic heterocycles. The van der Waals surface area contributed by atoms with E-state index >= 15 is 0 Å². The fraction of sp³-hybridized carbons (Fsp3) is 0.0714. The summed E-state index contributed by atoms with van der Waals surface area (Å²) in [5, 5.41) is 0.784. The summed E-state index contributed by atoms with van der Waals surface area (Å²) in [7, 11) is -2.64. The highest BCUT2D eigenvalue weighted by Gasteiger charge is 2.14. The fourth-order valence-corrected chi connectivity index (χ4v) is 2.70. The quantitative estimate of drug-likeness (QED) is 0.600. The Morgan fingerprint density at radius 2 is 1.47 bits per heavy atom. The largest absolute Gasteiger partial charge is 0.294 e. The molecule has 0 N–H and O–H groups in total. The summed E-state index contributed by atoms with van der Waals surface area (Å²) < 4.78 is 16.6. The van der Waals surface area contributed by atoms with E-state index in [1.165, 1.54) is 0 Å². The molecule has 0 saturated heterocycles. The predicted octanol–water partition coefficient (Wildman–Crippen LogP) is 3.34. The van der Waals surface area contributed by atoms with Gasteiger partial charge < -0.3 is 0 Å². The Bertz CT molecular complexity index is 549. The lowest BCUT2D eigenvalue weighted by Gasteiger charge is -2.06. The number of rotatable bonds is 3. The normalized spacial score (nSPS) is 14.6. The molecular formula is C14H14NOP. The van der Waals surface area contributed by atoms with E-state index in [9.17, 15) is 4.57 Å². The maximum atomic E-state index is 12.4. The molecule has 2 aromatic rings. The first kappa shape index (κ1) is 11.8. The molecule has 0 amide bonds. The molecule has 2 aromatic carbocycles. The minimum atomic E-state index is -2.64. The van der Waals surface area contributed by atoms with Crippen LogP contribution in [0.15, 0.2) is 65.4 Å². The predicted molar refractivity (Wildman–Crippen MR) is 73.6 cm³/mol. The van der Waals surface area contributed by atoms with Crippen LogP contribution in [0.3, 0.4) is 0 Å². The van der Waals surface area contributed by atoms with Crippen LogP contribution in [0.5, 0.6) is 0 Å². The number of hydrogen-bond donors (Lipinski definition) is 0. The van der Waals surface area contributed by atoms with Gasteiger partial charge >= 0.3 is 0 Å². The third-order valence-electron chi connectivity index (χ3n) is 2.46. The van der Waals surface area contributed by atoms with Gasteiger partial charge in [-0.1, -0.05) is 48.5 Å². The van der Waals surface area contributed by atoms with Crippen LogP contribution >= 0.6 is 7.29 Å². The van der Waals surface area contributed by atoms with E-state index in [2.05, 4.69) is 4.76 Å². The van der Waals surface area contributed by atoms with Gasteiger partial charge in [0.15, 0.2) is 0 Å². The minimum absolute atomic E-state index is 0.784. The molecule has 2 nitrogen and oxygen atoms in total. The van der Waals surface area contributed by atoms with E-state index < -0.39 is 7.29 Å². The Balaban J connectivity index is 2.24. The summed E-state index contributed by atoms with van der Waals surface area (Å²) in [6.45, 7) is 1.68. The van der Waals surface area contributed by atoms with E-state index in [1.54, 1.807) is 12.9 Å². The van der Waals surface area contributed by atoms with Crippen molar-refractivity contribution < 1.29 is 4.57 Å². The second kappa shape index (κ2) is 5.11. The Hall–Kier alpha value is -1.66. The van der Waals surface area contributed by atoms with Crippen molar-refractivity contribution in [3.05, 3.63) is 66.2 Å². The number of hydrogen-bond acceptors (Lipinski definition) is 1. The summed E-state index contributed by atoms with van der Waals surface area (Å²) in [4.78, 5) is 0. The van der Waals surface area contributed by atoms with Crippen LogP contribution in [0.1, 0.15) is 5.56 Å². The third kappa shape index (κ3) is 3.15. The molecule has 0 aliphatic carbocycles. The van der Waals surface area contributed by atoms with Crippen LogP contribution in [0.25, 0.3) is 0 Å². The summed E-state index contributed by atoms with van der Waals surface area (Å²) in [5.74, 6) is 0. The van der Waals surface area contributed by atoms with Crippen molar-refractivity contribution in [3.8, 4) is 0 Å². The summed E-state index contributed by atoms with van der Waals surface area (Å²) >= 11 is 0. The van der Waals surface area contributed by atoms with Gasteiger partial charge in [-0.2, -0.15) is 0 Å². The second-order valence-corrected chi connectivity index (χ2v) is 6.38. The molecule has 17 heavy (non-hydrogen) atoms. The molecule has 0 spiro atoms. The Labute approximate surface area is 101 Å².